The Bertz CT molecular complexity index is 224. The molecular formula is C14H26O3. The molecule has 0 spiro atoms. The second kappa shape index (κ2) is 10.3. The Hall–Kier alpha value is -0.860. The molecule has 3 nitrogen and oxygen atoms in total. The molecule has 0 bridgehead atoms. The quantitative estimate of drug-likeness (QED) is 0.435. The summed E-state index contributed by atoms with van der Waals surface area (Å²) in [5.74, 6) is -0.413. The van der Waals surface area contributed by atoms with Crippen molar-refractivity contribution in [2.24, 2.45) is 5.92 Å². The highest BCUT2D eigenvalue weighted by Gasteiger charge is 2.20. The van der Waals surface area contributed by atoms with E-state index in [1.54, 1.807) is 0 Å². The number of Topliss-reactive ketones (excluding diaryl/α,β-unsaturated/α-hetero) is 1. The van der Waals surface area contributed by atoms with Crippen LogP contribution >= 0.6 is 0 Å². The van der Waals surface area contributed by atoms with Gasteiger partial charge in [-0.05, 0) is 13.3 Å². The van der Waals surface area contributed by atoms with Crippen molar-refractivity contribution < 1.29 is 14.3 Å². The zero-order valence-corrected chi connectivity index (χ0v) is 11.5. The molecule has 0 radical (unpaired) electrons. The average molecular weight is 242 g/mol. The molecule has 0 aromatic heterocycles. The molecule has 0 amide bonds. The topological polar surface area (TPSA) is 43.4 Å². The van der Waals surface area contributed by atoms with Crippen LogP contribution in [0.5, 0.6) is 0 Å². The van der Waals surface area contributed by atoms with E-state index in [0.717, 1.165) is 19.3 Å². The van der Waals surface area contributed by atoms with E-state index in [2.05, 4.69) is 6.92 Å². The van der Waals surface area contributed by atoms with Crippen LogP contribution < -0.4 is 0 Å². The first-order valence-corrected chi connectivity index (χ1v) is 6.69. The van der Waals surface area contributed by atoms with Crippen LogP contribution in [0.15, 0.2) is 0 Å². The number of hydrogen-bond acceptors (Lipinski definition) is 3. The summed E-state index contributed by atoms with van der Waals surface area (Å²) in [6.07, 6.45) is 8.28. The molecule has 0 saturated carbocycles. The fraction of sp³-hybridized carbons (Fsp3) is 0.857. The van der Waals surface area contributed by atoms with Gasteiger partial charge in [-0.3, -0.25) is 4.79 Å². The highest BCUT2D eigenvalue weighted by atomic mass is 16.5. The first-order chi connectivity index (χ1) is 8.11. The first kappa shape index (κ1) is 16.1. The summed E-state index contributed by atoms with van der Waals surface area (Å²) in [7, 11) is 1.39. The Morgan fingerprint density at radius 1 is 1.06 bits per heavy atom. The maximum absolute atomic E-state index is 11.4. The van der Waals surface area contributed by atoms with Crippen molar-refractivity contribution in [3.63, 3.8) is 0 Å². The van der Waals surface area contributed by atoms with E-state index in [0.29, 0.717) is 6.42 Å². The highest BCUT2D eigenvalue weighted by molar-refractivity contribution is 5.82. The lowest BCUT2D eigenvalue weighted by Gasteiger charge is -2.12. The Labute approximate surface area is 105 Å². The van der Waals surface area contributed by atoms with Crippen molar-refractivity contribution in [2.45, 2.75) is 65.2 Å². The van der Waals surface area contributed by atoms with Gasteiger partial charge in [0.05, 0.1) is 13.0 Å². The van der Waals surface area contributed by atoms with E-state index in [-0.39, 0.29) is 17.7 Å². The fourth-order valence-corrected chi connectivity index (χ4v) is 1.99. The van der Waals surface area contributed by atoms with E-state index in [1.807, 2.05) is 0 Å². The van der Waals surface area contributed by atoms with Crippen LogP contribution in [0.3, 0.4) is 0 Å². The molecule has 0 aromatic rings. The molecule has 3 heteroatoms. The van der Waals surface area contributed by atoms with E-state index >= 15 is 0 Å². The second-order valence-electron chi connectivity index (χ2n) is 4.68. The Morgan fingerprint density at radius 3 is 2.18 bits per heavy atom. The minimum absolute atomic E-state index is 0.0615. The van der Waals surface area contributed by atoms with Gasteiger partial charge in [0.25, 0.3) is 0 Å². The van der Waals surface area contributed by atoms with Gasteiger partial charge in [-0.25, -0.2) is 0 Å². The van der Waals surface area contributed by atoms with Gasteiger partial charge in [0.1, 0.15) is 5.78 Å². The zero-order valence-electron chi connectivity index (χ0n) is 11.5. The van der Waals surface area contributed by atoms with Crippen LogP contribution in [0.25, 0.3) is 0 Å². The van der Waals surface area contributed by atoms with Gasteiger partial charge in [-0.15, -0.1) is 0 Å². The lowest BCUT2D eigenvalue weighted by Crippen LogP contribution is -2.18. The summed E-state index contributed by atoms with van der Waals surface area (Å²) in [5, 5.41) is 0. The highest BCUT2D eigenvalue weighted by Crippen LogP contribution is 2.17. The monoisotopic (exact) mass is 242 g/mol. The minimum atomic E-state index is -0.242. The van der Waals surface area contributed by atoms with Gasteiger partial charge in [0.2, 0.25) is 0 Å². The molecule has 0 fully saturated rings. The number of esters is 1. The third-order valence-corrected chi connectivity index (χ3v) is 2.97. The largest absolute Gasteiger partial charge is 0.469 e. The summed E-state index contributed by atoms with van der Waals surface area (Å²) in [6.45, 7) is 3.72. The molecule has 0 aliphatic carbocycles. The third kappa shape index (κ3) is 8.90. The summed E-state index contributed by atoms with van der Waals surface area (Å²) >= 11 is 0. The molecule has 0 aromatic carbocycles. The number of carbonyl (C=O) groups is 2. The van der Waals surface area contributed by atoms with Crippen LogP contribution in [0, 0.1) is 5.92 Å². The normalized spacial score (nSPS) is 12.2. The summed E-state index contributed by atoms with van der Waals surface area (Å²) in [4.78, 5) is 22.5. The standard InChI is InChI=1S/C14H26O3/c1-4-5-6-7-8-9-10-13(11-12(2)15)14(16)17-3/h13H,4-11H2,1-3H3. The van der Waals surface area contributed by atoms with Crippen LogP contribution in [0.4, 0.5) is 0 Å². The molecule has 0 rings (SSSR count). The second-order valence-corrected chi connectivity index (χ2v) is 4.68. The molecule has 17 heavy (non-hydrogen) atoms. The van der Waals surface area contributed by atoms with E-state index < -0.39 is 0 Å². The average Bonchev–Trinajstić information content (AvgIpc) is 2.30. The SMILES string of the molecule is CCCCCCCCC(CC(C)=O)C(=O)OC. The molecular weight excluding hydrogens is 216 g/mol. The minimum Gasteiger partial charge on any atom is -0.469 e. The number of carbonyl (C=O) groups excluding carboxylic acids is 2. The molecule has 0 aliphatic rings. The van der Waals surface area contributed by atoms with Gasteiger partial charge in [0.15, 0.2) is 0 Å². The smallest absolute Gasteiger partial charge is 0.309 e. The van der Waals surface area contributed by atoms with Crippen molar-refractivity contribution in [3.05, 3.63) is 0 Å². The summed E-state index contributed by atoms with van der Waals surface area (Å²) in [5.41, 5.74) is 0. The van der Waals surface area contributed by atoms with E-state index in [1.165, 1.54) is 39.7 Å². The van der Waals surface area contributed by atoms with Crippen LogP contribution in [0.1, 0.15) is 65.2 Å². The van der Waals surface area contributed by atoms with Crippen molar-refractivity contribution in [1.82, 2.24) is 0 Å². The van der Waals surface area contributed by atoms with E-state index in [4.69, 9.17) is 4.74 Å². The summed E-state index contributed by atoms with van der Waals surface area (Å²) in [6, 6.07) is 0. The van der Waals surface area contributed by atoms with Gasteiger partial charge >= 0.3 is 5.97 Å². The van der Waals surface area contributed by atoms with Gasteiger partial charge < -0.3 is 9.53 Å². The van der Waals surface area contributed by atoms with Crippen molar-refractivity contribution in [1.29, 1.82) is 0 Å². The van der Waals surface area contributed by atoms with Crippen LogP contribution in [-0.4, -0.2) is 18.9 Å². The predicted molar refractivity (Wildman–Crippen MR) is 68.8 cm³/mol. The number of ether oxygens (including phenoxy) is 1. The maximum atomic E-state index is 11.4. The number of hydrogen-bond donors (Lipinski definition) is 0. The Morgan fingerprint density at radius 2 is 1.65 bits per heavy atom. The predicted octanol–water partition coefficient (Wildman–Crippen LogP) is 3.51. The van der Waals surface area contributed by atoms with Crippen molar-refractivity contribution in [3.8, 4) is 0 Å². The van der Waals surface area contributed by atoms with Crippen LogP contribution in [0.2, 0.25) is 0 Å². The van der Waals surface area contributed by atoms with Crippen molar-refractivity contribution >= 4 is 11.8 Å². The molecule has 0 heterocycles. The Balaban J connectivity index is 3.76. The number of methoxy groups -OCH3 is 1. The summed E-state index contributed by atoms with van der Waals surface area (Å²) < 4.78 is 4.72. The number of unbranched alkanes of at least 4 members (excludes halogenated alkanes) is 5. The molecule has 0 saturated heterocycles. The van der Waals surface area contributed by atoms with Gasteiger partial charge in [0, 0.05) is 6.42 Å². The zero-order chi connectivity index (χ0) is 13.1. The molecule has 1 atom stereocenters. The van der Waals surface area contributed by atoms with Gasteiger partial charge in [-0.2, -0.15) is 0 Å². The maximum Gasteiger partial charge on any atom is 0.309 e. The van der Waals surface area contributed by atoms with Crippen LogP contribution in [-0.2, 0) is 14.3 Å². The third-order valence-electron chi connectivity index (χ3n) is 2.97. The first-order valence-electron chi connectivity index (χ1n) is 6.69. The lowest BCUT2D eigenvalue weighted by atomic mass is 9.95. The lowest BCUT2D eigenvalue weighted by molar-refractivity contribution is -0.147. The Kier molecular flexibility index (Phi) is 9.78. The molecule has 0 N–H and O–H groups in total. The molecule has 0 aliphatic heterocycles. The van der Waals surface area contributed by atoms with Crippen molar-refractivity contribution in [2.75, 3.05) is 7.11 Å². The molecule has 1 unspecified atom stereocenters. The molecule has 100 valence electrons. The fourth-order valence-electron chi connectivity index (χ4n) is 1.99. The number of rotatable bonds is 10. The number of ketones is 1. The van der Waals surface area contributed by atoms with E-state index in [9.17, 15) is 9.59 Å². The van der Waals surface area contributed by atoms with Gasteiger partial charge in [-0.1, -0.05) is 45.4 Å².